The van der Waals surface area contributed by atoms with Crippen molar-refractivity contribution in [1.82, 2.24) is 14.5 Å². The molecular weight excluding hydrogens is 587 g/mol. The number of carbonyl (C=O) groups is 1. The molecule has 0 amide bonds. The quantitative estimate of drug-likeness (QED) is 0.179. The van der Waals surface area contributed by atoms with Crippen LogP contribution >= 0.6 is 11.6 Å². The smallest absolute Gasteiger partial charge is 0.345 e. The van der Waals surface area contributed by atoms with Gasteiger partial charge in [-0.3, -0.25) is 4.90 Å². The van der Waals surface area contributed by atoms with Gasteiger partial charge in [0.1, 0.15) is 11.6 Å². The third-order valence-electron chi connectivity index (χ3n) is 7.63. The molecule has 1 fully saturated rings. The molecule has 3 heterocycles. The Labute approximate surface area is 252 Å². The lowest BCUT2D eigenvalue weighted by Gasteiger charge is -2.32. The molecule has 12 heteroatoms. The molecule has 2 aliphatic rings. The van der Waals surface area contributed by atoms with Crippen LogP contribution in [0.1, 0.15) is 55.3 Å². The van der Waals surface area contributed by atoms with Gasteiger partial charge in [0.15, 0.2) is 11.5 Å². The van der Waals surface area contributed by atoms with Crippen LogP contribution in [0.3, 0.4) is 0 Å². The van der Waals surface area contributed by atoms with E-state index in [1.54, 1.807) is 42.8 Å². The van der Waals surface area contributed by atoms with E-state index in [4.69, 9.17) is 25.8 Å². The first-order chi connectivity index (χ1) is 20.7. The van der Waals surface area contributed by atoms with Gasteiger partial charge in [-0.25, -0.2) is 14.2 Å². The topological polar surface area (TPSA) is 75.0 Å². The second-order valence-electron chi connectivity index (χ2n) is 10.5. The van der Waals surface area contributed by atoms with Crippen molar-refractivity contribution in [1.29, 1.82) is 0 Å². The second kappa shape index (κ2) is 13.4. The number of fused-ring (bicyclic) bond motifs is 1. The summed E-state index contributed by atoms with van der Waals surface area (Å²) in [6.07, 6.45) is 6.11. The summed E-state index contributed by atoms with van der Waals surface area (Å²) in [5.41, 5.74) is 1.86. The van der Waals surface area contributed by atoms with Crippen molar-refractivity contribution in [3.05, 3.63) is 82.2 Å². The first kappa shape index (κ1) is 30.9. The summed E-state index contributed by atoms with van der Waals surface area (Å²) in [6.45, 7) is 2.73. The number of para-hydroxylation sites is 1. The van der Waals surface area contributed by atoms with Gasteiger partial charge in [0.2, 0.25) is 0 Å². The molecule has 1 aromatic heterocycles. The zero-order valence-electron chi connectivity index (χ0n) is 23.9. The Balaban J connectivity index is 1.26. The SMILES string of the molecule is CCOC(=O)C=Cc1cnc(CN2CCC(c3cccc4c3OC(C)(c3ccc(Cl)cc3F)O4)CC2)n1CCOC(F)F. The van der Waals surface area contributed by atoms with Gasteiger partial charge in [-0.2, -0.15) is 8.78 Å². The fraction of sp³-hybridized carbons (Fsp3) is 0.419. The maximum Gasteiger partial charge on any atom is 0.345 e. The van der Waals surface area contributed by atoms with Gasteiger partial charge in [-0.15, -0.1) is 0 Å². The standard InChI is InChI=1S/C31H33ClF3N3O5/c1-3-40-28(39)10-8-22-18-36-27(38(22)15-16-41-30(34)35)19-37-13-11-20(12-14-37)23-5-4-6-26-29(23)43-31(2,42-26)24-9-7-21(32)17-25(24)33/h4-10,17-18,20,30H,3,11-16,19H2,1-2H3. The molecule has 0 bridgehead atoms. The molecule has 0 radical (unpaired) electrons. The summed E-state index contributed by atoms with van der Waals surface area (Å²) >= 11 is 5.94. The minimum absolute atomic E-state index is 0.152. The van der Waals surface area contributed by atoms with Gasteiger partial charge in [-0.1, -0.05) is 23.7 Å². The van der Waals surface area contributed by atoms with E-state index >= 15 is 0 Å². The molecule has 5 rings (SSSR count). The van der Waals surface area contributed by atoms with Crippen LogP contribution in [0.2, 0.25) is 5.02 Å². The first-order valence-electron chi connectivity index (χ1n) is 14.1. The van der Waals surface area contributed by atoms with Gasteiger partial charge in [-0.05, 0) is 69.1 Å². The summed E-state index contributed by atoms with van der Waals surface area (Å²) in [6, 6.07) is 10.2. The van der Waals surface area contributed by atoms with Crippen LogP contribution in [0.5, 0.6) is 11.5 Å². The lowest BCUT2D eigenvalue weighted by Crippen LogP contribution is -2.34. The average Bonchev–Trinajstić information content (AvgIpc) is 3.52. The van der Waals surface area contributed by atoms with E-state index in [1.807, 2.05) is 18.2 Å². The fourth-order valence-corrected chi connectivity index (χ4v) is 5.72. The monoisotopic (exact) mass is 619 g/mol. The summed E-state index contributed by atoms with van der Waals surface area (Å²) in [5.74, 6) is -0.274. The van der Waals surface area contributed by atoms with E-state index in [0.29, 0.717) is 34.6 Å². The lowest BCUT2D eigenvalue weighted by molar-refractivity contribution is -0.137. The third-order valence-corrected chi connectivity index (χ3v) is 7.86. The second-order valence-corrected chi connectivity index (χ2v) is 10.9. The Hall–Kier alpha value is -3.54. The molecule has 1 atom stereocenters. The molecule has 1 unspecified atom stereocenters. The number of ether oxygens (including phenoxy) is 4. The van der Waals surface area contributed by atoms with E-state index in [0.717, 1.165) is 31.5 Å². The Morgan fingerprint density at radius 3 is 2.74 bits per heavy atom. The fourth-order valence-electron chi connectivity index (χ4n) is 5.56. The molecule has 0 aliphatic carbocycles. The maximum atomic E-state index is 14.8. The molecule has 0 N–H and O–H groups in total. The highest BCUT2D eigenvalue weighted by molar-refractivity contribution is 6.30. The van der Waals surface area contributed by atoms with Crippen LogP contribution < -0.4 is 9.47 Å². The maximum absolute atomic E-state index is 14.8. The van der Waals surface area contributed by atoms with Crippen molar-refractivity contribution in [2.45, 2.75) is 58.1 Å². The van der Waals surface area contributed by atoms with Crippen LogP contribution in [-0.4, -0.2) is 53.3 Å². The Morgan fingerprint density at radius 2 is 2.02 bits per heavy atom. The summed E-state index contributed by atoms with van der Waals surface area (Å²) in [5, 5.41) is 0.293. The van der Waals surface area contributed by atoms with Crippen molar-refractivity contribution in [3.8, 4) is 11.5 Å². The van der Waals surface area contributed by atoms with Gasteiger partial charge < -0.3 is 23.5 Å². The predicted molar refractivity (Wildman–Crippen MR) is 154 cm³/mol. The number of likely N-dealkylation sites (tertiary alicyclic amines) is 1. The number of hydrogen-bond acceptors (Lipinski definition) is 7. The number of carbonyl (C=O) groups excluding carboxylic acids is 1. The number of hydrogen-bond donors (Lipinski definition) is 0. The van der Waals surface area contributed by atoms with Crippen LogP contribution in [0.15, 0.2) is 48.7 Å². The molecule has 0 spiro atoms. The number of halogens is 4. The zero-order chi connectivity index (χ0) is 30.6. The van der Waals surface area contributed by atoms with Gasteiger partial charge in [0.25, 0.3) is 5.79 Å². The van der Waals surface area contributed by atoms with Gasteiger partial charge >= 0.3 is 12.6 Å². The number of piperidine rings is 1. The van der Waals surface area contributed by atoms with Crippen LogP contribution in [0.4, 0.5) is 13.2 Å². The van der Waals surface area contributed by atoms with Crippen molar-refractivity contribution in [3.63, 3.8) is 0 Å². The minimum Gasteiger partial charge on any atom is -0.463 e. The van der Waals surface area contributed by atoms with Crippen molar-refractivity contribution >= 4 is 23.6 Å². The molecule has 0 saturated carbocycles. The zero-order valence-corrected chi connectivity index (χ0v) is 24.7. The van der Waals surface area contributed by atoms with Crippen molar-refractivity contribution in [2.24, 2.45) is 0 Å². The number of esters is 1. The highest BCUT2D eigenvalue weighted by Crippen LogP contribution is 2.49. The average molecular weight is 620 g/mol. The number of rotatable bonds is 11. The number of alkyl halides is 2. The van der Waals surface area contributed by atoms with E-state index in [1.165, 1.54) is 12.1 Å². The van der Waals surface area contributed by atoms with Crippen LogP contribution in [0.25, 0.3) is 6.08 Å². The van der Waals surface area contributed by atoms with E-state index in [2.05, 4.69) is 14.6 Å². The normalized spacial score (nSPS) is 19.0. The van der Waals surface area contributed by atoms with Crippen molar-refractivity contribution < 1.29 is 36.9 Å². The summed E-state index contributed by atoms with van der Waals surface area (Å²) < 4.78 is 63.6. The molecular formula is C31H33ClF3N3O5. The van der Waals surface area contributed by atoms with Gasteiger partial charge in [0, 0.05) is 30.1 Å². The predicted octanol–water partition coefficient (Wildman–Crippen LogP) is 6.51. The lowest BCUT2D eigenvalue weighted by atomic mass is 9.88. The summed E-state index contributed by atoms with van der Waals surface area (Å²) in [7, 11) is 0. The number of benzene rings is 2. The molecule has 2 aliphatic heterocycles. The minimum atomic E-state index is -2.87. The molecule has 230 valence electrons. The van der Waals surface area contributed by atoms with Crippen LogP contribution in [0, 0.1) is 5.82 Å². The number of aromatic nitrogens is 2. The molecule has 3 aromatic rings. The molecule has 2 aromatic carbocycles. The first-order valence-corrected chi connectivity index (χ1v) is 14.5. The van der Waals surface area contributed by atoms with E-state index in [-0.39, 0.29) is 31.2 Å². The Kier molecular flexibility index (Phi) is 9.63. The molecule has 1 saturated heterocycles. The highest BCUT2D eigenvalue weighted by atomic mass is 35.5. The van der Waals surface area contributed by atoms with Crippen molar-refractivity contribution in [2.75, 3.05) is 26.3 Å². The van der Waals surface area contributed by atoms with Gasteiger partial charge in [0.05, 0.1) is 37.2 Å². The molecule has 8 nitrogen and oxygen atoms in total. The Morgan fingerprint density at radius 1 is 1.23 bits per heavy atom. The van der Waals surface area contributed by atoms with E-state index < -0.39 is 24.2 Å². The summed E-state index contributed by atoms with van der Waals surface area (Å²) in [4.78, 5) is 18.6. The Bertz CT molecular complexity index is 1470. The van der Waals surface area contributed by atoms with E-state index in [9.17, 15) is 18.0 Å². The highest BCUT2D eigenvalue weighted by Gasteiger charge is 2.43. The number of nitrogens with zero attached hydrogens (tertiary/aromatic N) is 3. The third kappa shape index (κ3) is 7.17. The largest absolute Gasteiger partial charge is 0.463 e. The number of imidazole rings is 1. The van der Waals surface area contributed by atoms with Crippen LogP contribution in [-0.2, 0) is 33.1 Å². The molecule has 43 heavy (non-hydrogen) atoms.